The summed E-state index contributed by atoms with van der Waals surface area (Å²) in [7, 11) is -3.62. The molecule has 162 valence electrons. The van der Waals surface area contributed by atoms with Crippen molar-refractivity contribution in [3.63, 3.8) is 0 Å². The number of nitrogens with one attached hydrogen (secondary N) is 2. The predicted octanol–water partition coefficient (Wildman–Crippen LogP) is 4.54. The average molecular weight is 442 g/mol. The number of hydrogen-bond acceptors (Lipinski definition) is 3. The normalized spacial score (nSPS) is 11.2. The molecule has 0 saturated carbocycles. The lowest BCUT2D eigenvalue weighted by atomic mass is 10.2. The largest absolute Gasteiger partial charge is 0.326 e. The molecular formula is C23H24FN3O3S. The van der Waals surface area contributed by atoms with E-state index < -0.39 is 15.8 Å². The molecule has 2 amide bonds. The second-order valence-electron chi connectivity index (χ2n) is 6.99. The molecule has 0 fully saturated rings. The zero-order chi connectivity index (χ0) is 22.3. The lowest BCUT2D eigenvalue weighted by molar-refractivity contribution is 0.257. The van der Waals surface area contributed by atoms with Gasteiger partial charge in [-0.2, -0.15) is 0 Å². The minimum atomic E-state index is -3.62. The van der Waals surface area contributed by atoms with Gasteiger partial charge in [0.25, 0.3) is 0 Å². The van der Waals surface area contributed by atoms with Gasteiger partial charge < -0.3 is 5.32 Å². The molecule has 31 heavy (non-hydrogen) atoms. The van der Waals surface area contributed by atoms with Crippen molar-refractivity contribution in [1.29, 1.82) is 0 Å². The molecule has 0 aliphatic rings. The Morgan fingerprint density at radius 2 is 1.68 bits per heavy atom. The Kier molecular flexibility index (Phi) is 7.38. The molecule has 0 radical (unpaired) electrons. The maximum Gasteiger partial charge on any atom is 0.326 e. The van der Waals surface area contributed by atoms with Crippen molar-refractivity contribution in [2.45, 2.75) is 18.2 Å². The number of amides is 2. The van der Waals surface area contributed by atoms with Crippen molar-refractivity contribution < 1.29 is 17.6 Å². The highest BCUT2D eigenvalue weighted by atomic mass is 32.2. The quantitative estimate of drug-likeness (QED) is 0.504. The van der Waals surface area contributed by atoms with Gasteiger partial charge in [-0.05, 0) is 67.4 Å². The van der Waals surface area contributed by atoms with Gasteiger partial charge in [0.15, 0.2) is 0 Å². The summed E-state index contributed by atoms with van der Waals surface area (Å²) in [6.45, 7) is 2.31. The van der Waals surface area contributed by atoms with E-state index in [9.17, 15) is 17.6 Å². The second kappa shape index (κ2) is 10.2. The second-order valence-corrected chi connectivity index (χ2v) is 8.76. The van der Waals surface area contributed by atoms with Crippen molar-refractivity contribution in [3.05, 3.63) is 90.2 Å². The monoisotopic (exact) mass is 441 g/mol. The highest BCUT2D eigenvalue weighted by molar-refractivity contribution is 7.89. The predicted molar refractivity (Wildman–Crippen MR) is 120 cm³/mol. The molecule has 0 atom stereocenters. The van der Waals surface area contributed by atoms with E-state index in [0.717, 1.165) is 5.56 Å². The van der Waals surface area contributed by atoms with Gasteiger partial charge in [-0.3, -0.25) is 4.90 Å². The van der Waals surface area contributed by atoms with E-state index in [1.54, 1.807) is 24.3 Å². The van der Waals surface area contributed by atoms with Gasteiger partial charge in [0.2, 0.25) is 10.0 Å². The summed E-state index contributed by atoms with van der Waals surface area (Å²) < 4.78 is 40.6. The number of urea groups is 1. The third kappa shape index (κ3) is 6.37. The summed E-state index contributed by atoms with van der Waals surface area (Å²) in [5, 5.41) is 2.83. The summed E-state index contributed by atoms with van der Waals surface area (Å²) >= 11 is 0. The van der Waals surface area contributed by atoms with E-state index in [4.69, 9.17) is 0 Å². The van der Waals surface area contributed by atoms with Gasteiger partial charge in [0.05, 0.1) is 4.90 Å². The molecule has 8 heteroatoms. The van der Waals surface area contributed by atoms with Crippen LogP contribution >= 0.6 is 0 Å². The Hall–Kier alpha value is -3.23. The Morgan fingerprint density at radius 1 is 0.968 bits per heavy atom. The minimum Gasteiger partial charge on any atom is -0.308 e. The van der Waals surface area contributed by atoms with Crippen molar-refractivity contribution >= 4 is 27.4 Å². The third-order valence-electron chi connectivity index (χ3n) is 4.56. The highest BCUT2D eigenvalue weighted by Gasteiger charge is 2.17. The van der Waals surface area contributed by atoms with E-state index in [2.05, 4.69) is 10.0 Å². The molecule has 2 N–H and O–H groups in total. The fourth-order valence-electron chi connectivity index (χ4n) is 3.01. The third-order valence-corrected chi connectivity index (χ3v) is 6.03. The standard InChI is InChI=1S/C23H24FN3O3S/c1-18-7-5-8-20(17-18)26-23(28)27(21-13-11-19(24)12-14-21)16-6-15-25-31(29,30)22-9-3-2-4-10-22/h2-5,7-14,17,25H,6,15-16H2,1H3,(H,26,28). The molecule has 0 unspecified atom stereocenters. The molecule has 3 rings (SSSR count). The Bertz CT molecular complexity index is 1120. The molecule has 3 aromatic carbocycles. The van der Waals surface area contributed by atoms with Gasteiger partial charge in [-0.15, -0.1) is 0 Å². The van der Waals surface area contributed by atoms with Crippen molar-refractivity contribution in [2.24, 2.45) is 0 Å². The van der Waals surface area contributed by atoms with Crippen LogP contribution in [0.5, 0.6) is 0 Å². The Balaban J connectivity index is 1.67. The topological polar surface area (TPSA) is 78.5 Å². The number of carbonyl (C=O) groups is 1. The summed E-state index contributed by atoms with van der Waals surface area (Å²) in [6.07, 6.45) is 0.366. The molecule has 3 aromatic rings. The number of anilines is 2. The van der Waals surface area contributed by atoms with Crippen LogP contribution in [0.3, 0.4) is 0 Å². The first-order valence-electron chi connectivity index (χ1n) is 9.81. The van der Waals surface area contributed by atoms with Crippen LogP contribution in [0, 0.1) is 12.7 Å². The van der Waals surface area contributed by atoms with Gasteiger partial charge in [0, 0.05) is 24.5 Å². The summed E-state index contributed by atoms with van der Waals surface area (Å²) in [4.78, 5) is 14.5. The first kappa shape index (κ1) is 22.5. The number of benzene rings is 3. The minimum absolute atomic E-state index is 0.145. The van der Waals surface area contributed by atoms with Crippen LogP contribution in [0.25, 0.3) is 0 Å². The molecule has 0 spiro atoms. The lowest BCUT2D eigenvalue weighted by Gasteiger charge is -2.23. The summed E-state index contributed by atoms with van der Waals surface area (Å²) in [5.41, 5.74) is 2.15. The van der Waals surface area contributed by atoms with Crippen LogP contribution in [0.4, 0.5) is 20.6 Å². The number of carbonyl (C=O) groups excluding carboxylic acids is 1. The zero-order valence-electron chi connectivity index (χ0n) is 17.1. The number of halogens is 1. The van der Waals surface area contributed by atoms with E-state index in [1.165, 1.54) is 41.3 Å². The fourth-order valence-corrected chi connectivity index (χ4v) is 4.10. The average Bonchev–Trinajstić information content (AvgIpc) is 2.75. The molecule has 0 aromatic heterocycles. The number of hydrogen-bond donors (Lipinski definition) is 2. The van der Waals surface area contributed by atoms with Gasteiger partial charge in [-0.25, -0.2) is 22.3 Å². The SMILES string of the molecule is Cc1cccc(NC(=O)N(CCCNS(=O)(=O)c2ccccc2)c2ccc(F)cc2)c1. The highest BCUT2D eigenvalue weighted by Crippen LogP contribution is 2.18. The van der Waals surface area contributed by atoms with Crippen LogP contribution in [0.2, 0.25) is 0 Å². The zero-order valence-corrected chi connectivity index (χ0v) is 17.9. The van der Waals surface area contributed by atoms with Crippen LogP contribution < -0.4 is 14.9 Å². The number of rotatable bonds is 8. The maximum atomic E-state index is 13.3. The Morgan fingerprint density at radius 3 is 2.35 bits per heavy atom. The van der Waals surface area contributed by atoms with Gasteiger partial charge in [-0.1, -0.05) is 30.3 Å². The van der Waals surface area contributed by atoms with Crippen LogP contribution in [-0.2, 0) is 10.0 Å². The van der Waals surface area contributed by atoms with Gasteiger partial charge in [0.1, 0.15) is 5.82 Å². The molecule has 6 nitrogen and oxygen atoms in total. The summed E-state index contributed by atoms with van der Waals surface area (Å²) in [6, 6.07) is 20.7. The van der Waals surface area contributed by atoms with Crippen molar-refractivity contribution in [1.82, 2.24) is 4.72 Å². The Labute approximate surface area is 181 Å². The first-order valence-corrected chi connectivity index (χ1v) is 11.3. The first-order chi connectivity index (χ1) is 14.8. The van der Waals surface area contributed by atoms with Crippen LogP contribution in [0.1, 0.15) is 12.0 Å². The van der Waals surface area contributed by atoms with Gasteiger partial charge >= 0.3 is 6.03 Å². The van der Waals surface area contributed by atoms with Crippen LogP contribution in [-0.4, -0.2) is 27.5 Å². The van der Waals surface area contributed by atoms with Crippen molar-refractivity contribution in [3.8, 4) is 0 Å². The molecule has 0 saturated heterocycles. The van der Waals surface area contributed by atoms with E-state index in [1.807, 2.05) is 25.1 Å². The maximum absolute atomic E-state index is 13.3. The van der Waals surface area contributed by atoms with Crippen molar-refractivity contribution in [2.75, 3.05) is 23.3 Å². The lowest BCUT2D eigenvalue weighted by Crippen LogP contribution is -2.37. The molecule has 0 aliphatic heterocycles. The van der Waals surface area contributed by atoms with E-state index in [-0.39, 0.29) is 24.0 Å². The van der Waals surface area contributed by atoms with E-state index >= 15 is 0 Å². The molecule has 0 bridgehead atoms. The number of aryl methyl sites for hydroxylation is 1. The number of nitrogens with zero attached hydrogens (tertiary/aromatic N) is 1. The van der Waals surface area contributed by atoms with Crippen LogP contribution in [0.15, 0.2) is 83.8 Å². The molecule has 0 heterocycles. The fraction of sp³-hybridized carbons (Fsp3) is 0.174. The molecular weight excluding hydrogens is 417 g/mol. The number of sulfonamides is 1. The summed E-state index contributed by atoms with van der Waals surface area (Å²) in [5.74, 6) is -0.404. The smallest absolute Gasteiger partial charge is 0.308 e. The van der Waals surface area contributed by atoms with E-state index in [0.29, 0.717) is 17.8 Å². The molecule has 0 aliphatic carbocycles.